The quantitative estimate of drug-likeness (QED) is 0.750. The second-order valence-electron chi connectivity index (χ2n) is 3.75. The van der Waals surface area contributed by atoms with Gasteiger partial charge in [-0.2, -0.15) is 0 Å². The Balaban J connectivity index is 2.57. The van der Waals surface area contributed by atoms with Crippen LogP contribution in [-0.4, -0.2) is 15.4 Å². The first-order valence-corrected chi connectivity index (χ1v) is 6.00. The van der Waals surface area contributed by atoms with Gasteiger partial charge in [0, 0.05) is 18.8 Å². The van der Waals surface area contributed by atoms with Crippen molar-refractivity contribution in [3.8, 4) is 0 Å². The molecule has 1 aromatic heterocycles. The number of nitrogens with zero attached hydrogens (tertiary/aromatic N) is 2. The molecular formula is C12H14ClFN2. The van der Waals surface area contributed by atoms with Gasteiger partial charge in [0.25, 0.3) is 0 Å². The summed E-state index contributed by atoms with van der Waals surface area (Å²) in [6.45, 7) is 2.95. The lowest BCUT2D eigenvalue weighted by molar-refractivity contribution is 0.624. The smallest absolute Gasteiger partial charge is 0.125 e. The molecule has 0 radical (unpaired) electrons. The van der Waals surface area contributed by atoms with Gasteiger partial charge >= 0.3 is 0 Å². The van der Waals surface area contributed by atoms with Gasteiger partial charge in [-0.25, -0.2) is 9.37 Å². The molecule has 0 aliphatic heterocycles. The van der Waals surface area contributed by atoms with Crippen LogP contribution in [0.1, 0.15) is 19.2 Å². The summed E-state index contributed by atoms with van der Waals surface area (Å²) < 4.78 is 15.2. The topological polar surface area (TPSA) is 17.8 Å². The molecule has 0 saturated heterocycles. The molecule has 2 rings (SSSR count). The summed E-state index contributed by atoms with van der Waals surface area (Å²) in [6.07, 6.45) is 1.72. The summed E-state index contributed by atoms with van der Waals surface area (Å²) in [5.74, 6) is 1.26. The Hall–Kier alpha value is -1.09. The number of rotatable bonds is 4. The maximum Gasteiger partial charge on any atom is 0.125 e. The van der Waals surface area contributed by atoms with Crippen molar-refractivity contribution in [2.75, 3.05) is 5.88 Å². The molecular weight excluding hydrogens is 227 g/mol. The zero-order chi connectivity index (χ0) is 11.5. The van der Waals surface area contributed by atoms with Crippen LogP contribution in [0.15, 0.2) is 18.2 Å². The van der Waals surface area contributed by atoms with Crippen molar-refractivity contribution in [3.05, 3.63) is 29.8 Å². The van der Waals surface area contributed by atoms with Crippen molar-refractivity contribution in [1.29, 1.82) is 0 Å². The standard InChI is InChI=1S/C12H14ClFN2/c1-2-7-16-11-8-9(14)3-4-10(11)15-12(16)5-6-13/h3-4,8H,2,5-7H2,1H3. The molecule has 0 saturated carbocycles. The molecule has 4 heteroatoms. The summed E-state index contributed by atoms with van der Waals surface area (Å²) in [5.41, 5.74) is 1.71. The summed E-state index contributed by atoms with van der Waals surface area (Å²) in [7, 11) is 0. The molecule has 0 fully saturated rings. The van der Waals surface area contributed by atoms with Crippen molar-refractivity contribution >= 4 is 22.6 Å². The predicted octanol–water partition coefficient (Wildman–Crippen LogP) is 3.37. The van der Waals surface area contributed by atoms with Crippen LogP contribution in [0.5, 0.6) is 0 Å². The number of fused-ring (bicyclic) bond motifs is 1. The van der Waals surface area contributed by atoms with Crippen LogP contribution in [0, 0.1) is 5.82 Å². The summed E-state index contributed by atoms with van der Waals surface area (Å²) >= 11 is 5.74. The van der Waals surface area contributed by atoms with E-state index in [1.54, 1.807) is 6.07 Å². The van der Waals surface area contributed by atoms with Gasteiger partial charge in [0.2, 0.25) is 0 Å². The highest BCUT2D eigenvalue weighted by molar-refractivity contribution is 6.17. The fraction of sp³-hybridized carbons (Fsp3) is 0.417. The van der Waals surface area contributed by atoms with Crippen LogP contribution in [0.4, 0.5) is 4.39 Å². The summed E-state index contributed by atoms with van der Waals surface area (Å²) in [6, 6.07) is 4.69. The molecule has 0 amide bonds. The SMILES string of the molecule is CCCn1c(CCCl)nc2ccc(F)cc21. The van der Waals surface area contributed by atoms with Gasteiger partial charge in [-0.3, -0.25) is 0 Å². The molecule has 2 nitrogen and oxygen atoms in total. The third kappa shape index (κ3) is 2.05. The Labute approximate surface area is 99.0 Å². The summed E-state index contributed by atoms with van der Waals surface area (Å²) in [5, 5.41) is 0. The van der Waals surface area contributed by atoms with Gasteiger partial charge < -0.3 is 4.57 Å². The first kappa shape index (κ1) is 11.4. The molecule has 0 N–H and O–H groups in total. The molecule has 16 heavy (non-hydrogen) atoms. The van der Waals surface area contributed by atoms with Gasteiger partial charge in [-0.1, -0.05) is 6.92 Å². The Morgan fingerprint density at radius 3 is 2.94 bits per heavy atom. The van der Waals surface area contributed by atoms with E-state index >= 15 is 0 Å². The van der Waals surface area contributed by atoms with E-state index in [1.165, 1.54) is 12.1 Å². The van der Waals surface area contributed by atoms with E-state index in [0.29, 0.717) is 5.88 Å². The number of hydrogen-bond acceptors (Lipinski definition) is 1. The lowest BCUT2D eigenvalue weighted by Gasteiger charge is -2.06. The van der Waals surface area contributed by atoms with Crippen molar-refractivity contribution < 1.29 is 4.39 Å². The zero-order valence-corrected chi connectivity index (χ0v) is 9.97. The Morgan fingerprint density at radius 1 is 1.44 bits per heavy atom. The fourth-order valence-corrected chi connectivity index (χ4v) is 2.06. The highest BCUT2D eigenvalue weighted by Gasteiger charge is 2.10. The molecule has 1 aromatic carbocycles. The molecule has 0 atom stereocenters. The van der Waals surface area contributed by atoms with Crippen LogP contribution < -0.4 is 0 Å². The molecule has 86 valence electrons. The van der Waals surface area contributed by atoms with Crippen LogP contribution >= 0.6 is 11.6 Å². The average molecular weight is 241 g/mol. The highest BCUT2D eigenvalue weighted by atomic mass is 35.5. The number of aromatic nitrogens is 2. The number of alkyl halides is 1. The van der Waals surface area contributed by atoms with Crippen molar-refractivity contribution in [1.82, 2.24) is 9.55 Å². The zero-order valence-electron chi connectivity index (χ0n) is 9.21. The number of halogens is 2. The largest absolute Gasteiger partial charge is 0.328 e. The minimum Gasteiger partial charge on any atom is -0.328 e. The number of benzene rings is 1. The van der Waals surface area contributed by atoms with Gasteiger partial charge in [0.1, 0.15) is 11.6 Å². The molecule has 1 heterocycles. The molecule has 0 aliphatic rings. The maximum atomic E-state index is 13.2. The molecule has 0 bridgehead atoms. The van der Waals surface area contributed by atoms with E-state index in [-0.39, 0.29) is 5.82 Å². The van der Waals surface area contributed by atoms with Crippen molar-refractivity contribution in [3.63, 3.8) is 0 Å². The van der Waals surface area contributed by atoms with Crippen LogP contribution in [0.3, 0.4) is 0 Å². The van der Waals surface area contributed by atoms with Gasteiger partial charge in [0.05, 0.1) is 11.0 Å². The van der Waals surface area contributed by atoms with Gasteiger partial charge in [0.15, 0.2) is 0 Å². The monoisotopic (exact) mass is 240 g/mol. The van der Waals surface area contributed by atoms with E-state index in [2.05, 4.69) is 16.5 Å². The van der Waals surface area contributed by atoms with Crippen molar-refractivity contribution in [2.24, 2.45) is 0 Å². The Morgan fingerprint density at radius 2 is 2.25 bits per heavy atom. The number of imidazole rings is 1. The lowest BCUT2D eigenvalue weighted by Crippen LogP contribution is -2.04. The fourth-order valence-electron chi connectivity index (χ4n) is 1.89. The van der Waals surface area contributed by atoms with E-state index in [4.69, 9.17) is 11.6 Å². The Kier molecular flexibility index (Phi) is 3.44. The highest BCUT2D eigenvalue weighted by Crippen LogP contribution is 2.18. The minimum absolute atomic E-state index is 0.220. The Bertz CT molecular complexity index is 493. The van der Waals surface area contributed by atoms with E-state index in [0.717, 1.165) is 36.2 Å². The minimum atomic E-state index is -0.220. The molecule has 0 aliphatic carbocycles. The van der Waals surface area contributed by atoms with Crippen molar-refractivity contribution in [2.45, 2.75) is 26.3 Å². The molecule has 0 spiro atoms. The van der Waals surface area contributed by atoms with Gasteiger partial charge in [-0.15, -0.1) is 11.6 Å². The first-order valence-electron chi connectivity index (χ1n) is 5.47. The van der Waals surface area contributed by atoms with E-state index < -0.39 is 0 Å². The van der Waals surface area contributed by atoms with Crippen LogP contribution in [0.2, 0.25) is 0 Å². The normalized spacial score (nSPS) is 11.2. The second kappa shape index (κ2) is 4.83. The summed E-state index contributed by atoms with van der Waals surface area (Å²) in [4.78, 5) is 4.47. The third-order valence-electron chi connectivity index (χ3n) is 2.55. The maximum absolute atomic E-state index is 13.2. The lowest BCUT2D eigenvalue weighted by atomic mass is 10.3. The number of hydrogen-bond donors (Lipinski definition) is 0. The molecule has 2 aromatic rings. The number of aryl methyl sites for hydroxylation is 2. The molecule has 0 unspecified atom stereocenters. The second-order valence-corrected chi connectivity index (χ2v) is 4.13. The van der Waals surface area contributed by atoms with Crippen LogP contribution in [0.25, 0.3) is 11.0 Å². The average Bonchev–Trinajstić information content (AvgIpc) is 2.58. The van der Waals surface area contributed by atoms with E-state index in [9.17, 15) is 4.39 Å². The van der Waals surface area contributed by atoms with Crippen LogP contribution in [-0.2, 0) is 13.0 Å². The predicted molar refractivity (Wildman–Crippen MR) is 64.4 cm³/mol. The van der Waals surface area contributed by atoms with Gasteiger partial charge in [-0.05, 0) is 24.6 Å². The first-order chi connectivity index (χ1) is 7.76. The van der Waals surface area contributed by atoms with E-state index in [1.807, 2.05) is 0 Å². The third-order valence-corrected chi connectivity index (χ3v) is 2.74.